The lowest BCUT2D eigenvalue weighted by Crippen LogP contribution is -2.13. The molecule has 23 heavy (non-hydrogen) atoms. The highest BCUT2D eigenvalue weighted by atomic mass is 32.1. The highest BCUT2D eigenvalue weighted by Crippen LogP contribution is 2.19. The van der Waals surface area contributed by atoms with Crippen LogP contribution in [0.3, 0.4) is 0 Å². The average Bonchev–Trinajstić information content (AvgIpc) is 3.04. The summed E-state index contributed by atoms with van der Waals surface area (Å²) < 4.78 is 0. The second kappa shape index (κ2) is 7.07. The summed E-state index contributed by atoms with van der Waals surface area (Å²) in [6.45, 7) is 2.04. The average molecular weight is 323 g/mol. The van der Waals surface area contributed by atoms with E-state index in [-0.39, 0.29) is 5.91 Å². The normalized spacial score (nSPS) is 10.3. The fourth-order valence-electron chi connectivity index (χ4n) is 2.17. The first-order valence-corrected chi connectivity index (χ1v) is 8.19. The molecule has 0 bridgehead atoms. The zero-order valence-corrected chi connectivity index (χ0v) is 13.6. The van der Waals surface area contributed by atoms with Gasteiger partial charge in [0.1, 0.15) is 5.82 Å². The van der Waals surface area contributed by atoms with Crippen molar-refractivity contribution >= 4 is 34.4 Å². The largest absolute Gasteiger partial charge is 0.340 e. The van der Waals surface area contributed by atoms with Crippen molar-refractivity contribution in [2.45, 2.75) is 13.3 Å². The Labute approximate surface area is 139 Å². The molecular formula is C18H17N3OS. The Hall–Kier alpha value is -2.66. The molecule has 3 aromatic rings. The topological polar surface area (TPSA) is 54.0 Å². The standard InChI is InChI=1S/C18H17N3OS/c1-13-5-2-3-7-16(13)21-17-9-8-14(12-19-17)20-18(22)11-15-6-4-10-23-15/h2-10,12H,11H2,1H3,(H,19,21)(H,20,22). The summed E-state index contributed by atoms with van der Waals surface area (Å²) in [6, 6.07) is 15.6. The number of nitrogens with one attached hydrogen (secondary N) is 2. The Bertz CT molecular complexity index is 782. The van der Waals surface area contributed by atoms with E-state index in [0.717, 1.165) is 21.9 Å². The number of amides is 1. The molecule has 0 saturated heterocycles. The summed E-state index contributed by atoms with van der Waals surface area (Å²) in [5.74, 6) is 0.712. The van der Waals surface area contributed by atoms with E-state index < -0.39 is 0 Å². The van der Waals surface area contributed by atoms with E-state index >= 15 is 0 Å². The lowest BCUT2D eigenvalue weighted by molar-refractivity contribution is -0.115. The zero-order valence-electron chi connectivity index (χ0n) is 12.7. The molecule has 0 saturated carbocycles. The van der Waals surface area contributed by atoms with Crippen molar-refractivity contribution < 1.29 is 4.79 Å². The van der Waals surface area contributed by atoms with Gasteiger partial charge in [0.2, 0.25) is 5.91 Å². The Morgan fingerprint density at radius 2 is 2.00 bits per heavy atom. The second-order valence-electron chi connectivity index (χ2n) is 5.18. The Kier molecular flexibility index (Phi) is 4.68. The summed E-state index contributed by atoms with van der Waals surface area (Å²) in [5, 5.41) is 8.10. The lowest BCUT2D eigenvalue weighted by Gasteiger charge is -2.09. The summed E-state index contributed by atoms with van der Waals surface area (Å²) in [5.41, 5.74) is 2.87. The molecule has 0 atom stereocenters. The predicted octanol–water partition coefficient (Wildman–Crippen LogP) is 4.38. The molecule has 3 rings (SSSR count). The monoisotopic (exact) mass is 323 g/mol. The van der Waals surface area contributed by atoms with Gasteiger partial charge in [-0.05, 0) is 42.1 Å². The zero-order chi connectivity index (χ0) is 16.1. The number of carbonyl (C=O) groups is 1. The molecular weight excluding hydrogens is 306 g/mol. The number of pyridine rings is 1. The smallest absolute Gasteiger partial charge is 0.229 e. The van der Waals surface area contributed by atoms with Crippen LogP contribution < -0.4 is 10.6 Å². The molecule has 0 aliphatic heterocycles. The molecule has 0 unspecified atom stereocenters. The number of anilines is 3. The number of thiophene rings is 1. The molecule has 0 fully saturated rings. The minimum Gasteiger partial charge on any atom is -0.340 e. The van der Waals surface area contributed by atoms with E-state index in [1.165, 1.54) is 0 Å². The molecule has 0 spiro atoms. The van der Waals surface area contributed by atoms with Crippen molar-refractivity contribution in [1.82, 2.24) is 4.98 Å². The van der Waals surface area contributed by atoms with E-state index in [1.54, 1.807) is 17.5 Å². The maximum absolute atomic E-state index is 12.0. The van der Waals surface area contributed by atoms with Gasteiger partial charge < -0.3 is 10.6 Å². The van der Waals surface area contributed by atoms with E-state index in [4.69, 9.17) is 0 Å². The molecule has 0 aliphatic rings. The SMILES string of the molecule is Cc1ccccc1Nc1ccc(NC(=O)Cc2cccs2)cn1. The minimum atomic E-state index is -0.0335. The first-order chi connectivity index (χ1) is 11.2. The highest BCUT2D eigenvalue weighted by molar-refractivity contribution is 7.10. The van der Waals surface area contributed by atoms with Crippen molar-refractivity contribution in [3.8, 4) is 0 Å². The van der Waals surface area contributed by atoms with Crippen LogP contribution in [0.2, 0.25) is 0 Å². The van der Waals surface area contributed by atoms with Gasteiger partial charge in [-0.2, -0.15) is 0 Å². The van der Waals surface area contributed by atoms with E-state index in [9.17, 15) is 4.79 Å². The van der Waals surface area contributed by atoms with Crippen molar-refractivity contribution in [1.29, 1.82) is 0 Å². The van der Waals surface area contributed by atoms with Gasteiger partial charge in [-0.25, -0.2) is 4.98 Å². The van der Waals surface area contributed by atoms with Crippen LogP contribution in [-0.4, -0.2) is 10.9 Å². The van der Waals surface area contributed by atoms with Crippen molar-refractivity contribution in [3.63, 3.8) is 0 Å². The first kappa shape index (κ1) is 15.2. The molecule has 1 amide bonds. The van der Waals surface area contributed by atoms with Gasteiger partial charge in [0.25, 0.3) is 0 Å². The fourth-order valence-corrected chi connectivity index (χ4v) is 2.87. The molecule has 2 heterocycles. The fraction of sp³-hybridized carbons (Fsp3) is 0.111. The third kappa shape index (κ3) is 4.17. The number of rotatable bonds is 5. The van der Waals surface area contributed by atoms with Crippen molar-refractivity contribution in [3.05, 3.63) is 70.5 Å². The Morgan fingerprint density at radius 3 is 2.70 bits per heavy atom. The molecule has 0 radical (unpaired) electrons. The first-order valence-electron chi connectivity index (χ1n) is 7.31. The summed E-state index contributed by atoms with van der Waals surface area (Å²) in [7, 11) is 0. The van der Waals surface area contributed by atoms with Crippen LogP contribution in [0.25, 0.3) is 0 Å². The summed E-state index contributed by atoms with van der Waals surface area (Å²) >= 11 is 1.58. The number of benzene rings is 1. The number of nitrogens with zero attached hydrogens (tertiary/aromatic N) is 1. The molecule has 5 heteroatoms. The lowest BCUT2D eigenvalue weighted by atomic mass is 10.2. The van der Waals surface area contributed by atoms with E-state index in [2.05, 4.69) is 15.6 Å². The number of para-hydroxylation sites is 1. The Morgan fingerprint density at radius 1 is 1.13 bits per heavy atom. The molecule has 1 aromatic carbocycles. The maximum Gasteiger partial charge on any atom is 0.229 e. The van der Waals surface area contributed by atoms with Crippen LogP contribution in [0, 0.1) is 6.92 Å². The molecule has 2 aromatic heterocycles. The Balaban J connectivity index is 1.61. The van der Waals surface area contributed by atoms with Crippen LogP contribution in [0.4, 0.5) is 17.2 Å². The van der Waals surface area contributed by atoms with Crippen molar-refractivity contribution in [2.75, 3.05) is 10.6 Å². The second-order valence-corrected chi connectivity index (χ2v) is 6.21. The number of hydrogen-bond donors (Lipinski definition) is 2. The minimum absolute atomic E-state index is 0.0335. The quantitative estimate of drug-likeness (QED) is 0.733. The van der Waals surface area contributed by atoms with Crippen molar-refractivity contribution in [2.24, 2.45) is 0 Å². The third-order valence-electron chi connectivity index (χ3n) is 3.37. The van der Waals surface area contributed by atoms with Gasteiger partial charge in [0.05, 0.1) is 18.3 Å². The van der Waals surface area contributed by atoms with Crippen LogP contribution in [0.1, 0.15) is 10.4 Å². The number of carbonyl (C=O) groups excluding carboxylic acids is 1. The molecule has 116 valence electrons. The predicted molar refractivity (Wildman–Crippen MR) is 95.4 cm³/mol. The van der Waals surface area contributed by atoms with Gasteiger partial charge in [-0.15, -0.1) is 11.3 Å². The van der Waals surface area contributed by atoms with Gasteiger partial charge in [0, 0.05) is 10.6 Å². The van der Waals surface area contributed by atoms with Gasteiger partial charge in [-0.1, -0.05) is 24.3 Å². The van der Waals surface area contributed by atoms with Crippen LogP contribution in [0.15, 0.2) is 60.1 Å². The highest BCUT2D eigenvalue weighted by Gasteiger charge is 2.05. The molecule has 2 N–H and O–H groups in total. The van der Waals surface area contributed by atoms with Gasteiger partial charge >= 0.3 is 0 Å². The number of aromatic nitrogens is 1. The van der Waals surface area contributed by atoms with E-state index in [0.29, 0.717) is 12.1 Å². The van der Waals surface area contributed by atoms with Crippen LogP contribution in [-0.2, 0) is 11.2 Å². The van der Waals surface area contributed by atoms with Crippen LogP contribution in [0.5, 0.6) is 0 Å². The number of hydrogen-bond acceptors (Lipinski definition) is 4. The maximum atomic E-state index is 12.0. The summed E-state index contributed by atoms with van der Waals surface area (Å²) in [6.07, 6.45) is 2.05. The van der Waals surface area contributed by atoms with E-state index in [1.807, 2.05) is 60.8 Å². The van der Waals surface area contributed by atoms with Crippen LogP contribution >= 0.6 is 11.3 Å². The third-order valence-corrected chi connectivity index (χ3v) is 4.25. The number of aryl methyl sites for hydroxylation is 1. The molecule has 4 nitrogen and oxygen atoms in total. The van der Waals surface area contributed by atoms with Gasteiger partial charge in [-0.3, -0.25) is 4.79 Å². The van der Waals surface area contributed by atoms with Gasteiger partial charge in [0.15, 0.2) is 0 Å². The summed E-state index contributed by atoms with van der Waals surface area (Å²) in [4.78, 5) is 17.3. The molecule has 0 aliphatic carbocycles.